The van der Waals surface area contributed by atoms with Gasteiger partial charge < -0.3 is 9.80 Å². The predicted molar refractivity (Wildman–Crippen MR) is 96.5 cm³/mol. The molecule has 2 atom stereocenters. The molecule has 0 saturated carbocycles. The van der Waals surface area contributed by atoms with Crippen LogP contribution in [-0.2, 0) is 11.2 Å². The molecule has 6 heteroatoms. The molecule has 0 radical (unpaired) electrons. The molecule has 2 aromatic rings. The molecule has 0 spiro atoms. The first-order valence-electron chi connectivity index (χ1n) is 8.65. The van der Waals surface area contributed by atoms with Gasteiger partial charge >= 0.3 is 0 Å². The zero-order chi connectivity index (χ0) is 17.4. The average molecular weight is 355 g/mol. The van der Waals surface area contributed by atoms with E-state index in [2.05, 4.69) is 17.1 Å². The Hall–Kier alpha value is -2.21. The van der Waals surface area contributed by atoms with Crippen molar-refractivity contribution in [2.45, 2.75) is 25.3 Å². The molecule has 5 nitrogen and oxygen atoms in total. The molecule has 2 fully saturated rings. The van der Waals surface area contributed by atoms with Gasteiger partial charge in [-0.05, 0) is 17.9 Å². The molecule has 2 aliphatic heterocycles. The van der Waals surface area contributed by atoms with E-state index in [0.29, 0.717) is 31.1 Å². The predicted octanol–water partition coefficient (Wildman–Crippen LogP) is 2.43. The van der Waals surface area contributed by atoms with Crippen LogP contribution in [0.1, 0.15) is 33.9 Å². The maximum Gasteiger partial charge on any atom is 0.273 e. The first-order chi connectivity index (χ1) is 12.1. The van der Waals surface area contributed by atoms with Gasteiger partial charge in [-0.25, -0.2) is 4.98 Å². The Morgan fingerprint density at radius 2 is 2.12 bits per heavy atom. The Morgan fingerprint density at radius 3 is 2.92 bits per heavy atom. The highest BCUT2D eigenvalue weighted by atomic mass is 32.1. The Kier molecular flexibility index (Phi) is 4.29. The topological polar surface area (TPSA) is 53.5 Å². The number of piperidine rings is 1. The van der Waals surface area contributed by atoms with Gasteiger partial charge in [-0.1, -0.05) is 30.3 Å². The standard InChI is InChI=1S/C19H21N3O2S/c1-21-16-11-22(8-7-14(16)10-18(21)23)19(24)15-12-25-17(20-15)9-13-5-3-2-4-6-13/h2-6,12,14,16H,7-11H2,1H3/t14-,16-/m1/s1. The summed E-state index contributed by atoms with van der Waals surface area (Å²) in [5.41, 5.74) is 1.73. The largest absolute Gasteiger partial charge is 0.341 e. The molecule has 1 aromatic carbocycles. The summed E-state index contributed by atoms with van der Waals surface area (Å²) in [6.07, 6.45) is 2.27. The second kappa shape index (κ2) is 6.59. The minimum Gasteiger partial charge on any atom is -0.341 e. The van der Waals surface area contributed by atoms with Crippen LogP contribution in [0.5, 0.6) is 0 Å². The van der Waals surface area contributed by atoms with Crippen LogP contribution in [0.2, 0.25) is 0 Å². The van der Waals surface area contributed by atoms with Gasteiger partial charge in [0.25, 0.3) is 5.91 Å². The fraction of sp³-hybridized carbons (Fsp3) is 0.421. The Balaban J connectivity index is 1.44. The molecule has 0 bridgehead atoms. The number of thiazole rings is 1. The van der Waals surface area contributed by atoms with Crippen molar-refractivity contribution in [2.24, 2.45) is 5.92 Å². The van der Waals surface area contributed by atoms with Crippen molar-refractivity contribution >= 4 is 23.2 Å². The van der Waals surface area contributed by atoms with Crippen LogP contribution in [-0.4, -0.2) is 52.8 Å². The second-order valence-corrected chi connectivity index (χ2v) is 7.81. The highest BCUT2D eigenvalue weighted by Gasteiger charge is 2.42. The van der Waals surface area contributed by atoms with Gasteiger partial charge in [0.1, 0.15) is 5.69 Å². The first-order valence-corrected chi connectivity index (χ1v) is 9.53. The monoisotopic (exact) mass is 355 g/mol. The van der Waals surface area contributed by atoms with Gasteiger partial charge in [-0.15, -0.1) is 11.3 Å². The van der Waals surface area contributed by atoms with Crippen molar-refractivity contribution in [3.05, 3.63) is 52.0 Å². The quantitative estimate of drug-likeness (QED) is 0.850. The molecule has 2 saturated heterocycles. The summed E-state index contributed by atoms with van der Waals surface area (Å²) in [6.45, 7) is 1.34. The molecule has 2 aliphatic rings. The third-order valence-electron chi connectivity index (χ3n) is 5.31. The van der Waals surface area contributed by atoms with Gasteiger partial charge in [-0.2, -0.15) is 0 Å². The number of fused-ring (bicyclic) bond motifs is 1. The van der Waals surface area contributed by atoms with Crippen molar-refractivity contribution in [3.8, 4) is 0 Å². The first kappa shape index (κ1) is 16.3. The zero-order valence-corrected chi connectivity index (χ0v) is 15.0. The second-order valence-electron chi connectivity index (χ2n) is 6.86. The fourth-order valence-corrected chi connectivity index (χ4v) is 4.62. The molecule has 0 N–H and O–H groups in total. The SMILES string of the molecule is CN1C(=O)C[C@H]2CCN(C(=O)c3csc(Cc4ccccc4)n3)C[C@H]21. The lowest BCUT2D eigenvalue weighted by atomic mass is 9.92. The minimum absolute atomic E-state index is 0.0123. The lowest BCUT2D eigenvalue weighted by Crippen LogP contribution is -2.49. The lowest BCUT2D eigenvalue weighted by Gasteiger charge is -2.36. The molecule has 2 amide bonds. The minimum atomic E-state index is -0.0123. The number of amides is 2. The number of rotatable bonds is 3. The van der Waals surface area contributed by atoms with Gasteiger partial charge in [-0.3, -0.25) is 9.59 Å². The Morgan fingerprint density at radius 1 is 1.32 bits per heavy atom. The summed E-state index contributed by atoms with van der Waals surface area (Å²) in [4.78, 5) is 32.9. The van der Waals surface area contributed by atoms with Crippen LogP contribution in [0, 0.1) is 5.92 Å². The summed E-state index contributed by atoms with van der Waals surface area (Å²) in [6, 6.07) is 10.3. The third-order valence-corrected chi connectivity index (χ3v) is 6.15. The number of aromatic nitrogens is 1. The molecular formula is C19H21N3O2S. The van der Waals surface area contributed by atoms with Crippen molar-refractivity contribution < 1.29 is 9.59 Å². The molecule has 0 aliphatic carbocycles. The van der Waals surface area contributed by atoms with E-state index in [1.807, 2.05) is 40.4 Å². The molecule has 1 aromatic heterocycles. The molecule has 130 valence electrons. The normalized spacial score (nSPS) is 23.0. The number of benzene rings is 1. The zero-order valence-electron chi connectivity index (χ0n) is 14.2. The smallest absolute Gasteiger partial charge is 0.273 e. The van der Waals surface area contributed by atoms with E-state index in [-0.39, 0.29) is 17.9 Å². The van der Waals surface area contributed by atoms with Crippen molar-refractivity contribution in [1.82, 2.24) is 14.8 Å². The fourth-order valence-electron chi connectivity index (χ4n) is 3.82. The number of likely N-dealkylation sites (N-methyl/N-ethyl adjacent to an activating group) is 1. The van der Waals surface area contributed by atoms with Crippen molar-refractivity contribution in [1.29, 1.82) is 0 Å². The van der Waals surface area contributed by atoms with E-state index in [9.17, 15) is 9.59 Å². The lowest BCUT2D eigenvalue weighted by molar-refractivity contribution is -0.127. The molecular weight excluding hydrogens is 334 g/mol. The summed E-state index contributed by atoms with van der Waals surface area (Å²) in [7, 11) is 1.85. The number of likely N-dealkylation sites (tertiary alicyclic amines) is 2. The molecule has 4 rings (SSSR count). The number of carbonyl (C=O) groups excluding carboxylic acids is 2. The van der Waals surface area contributed by atoms with Crippen LogP contribution < -0.4 is 0 Å². The van der Waals surface area contributed by atoms with E-state index >= 15 is 0 Å². The van der Waals surface area contributed by atoms with Gasteiger partial charge in [0.15, 0.2) is 0 Å². The molecule has 3 heterocycles. The number of nitrogens with zero attached hydrogens (tertiary/aromatic N) is 3. The third kappa shape index (κ3) is 3.18. The maximum atomic E-state index is 12.8. The average Bonchev–Trinajstić information content (AvgIpc) is 3.20. The number of carbonyl (C=O) groups is 2. The summed E-state index contributed by atoms with van der Waals surface area (Å²) in [5.74, 6) is 0.579. The van der Waals surface area contributed by atoms with E-state index < -0.39 is 0 Å². The van der Waals surface area contributed by atoms with Gasteiger partial charge in [0, 0.05) is 38.4 Å². The van der Waals surface area contributed by atoms with Crippen molar-refractivity contribution in [2.75, 3.05) is 20.1 Å². The summed E-state index contributed by atoms with van der Waals surface area (Å²) < 4.78 is 0. The maximum absolute atomic E-state index is 12.8. The van der Waals surface area contributed by atoms with E-state index in [4.69, 9.17) is 0 Å². The van der Waals surface area contributed by atoms with Crippen LogP contribution >= 0.6 is 11.3 Å². The van der Waals surface area contributed by atoms with E-state index in [1.54, 1.807) is 0 Å². The number of hydrogen-bond donors (Lipinski definition) is 0. The van der Waals surface area contributed by atoms with Crippen LogP contribution in [0.3, 0.4) is 0 Å². The highest BCUT2D eigenvalue weighted by molar-refractivity contribution is 7.09. The van der Waals surface area contributed by atoms with Crippen LogP contribution in [0.25, 0.3) is 0 Å². The van der Waals surface area contributed by atoms with Crippen molar-refractivity contribution in [3.63, 3.8) is 0 Å². The summed E-state index contributed by atoms with van der Waals surface area (Å²) in [5, 5.41) is 2.81. The highest BCUT2D eigenvalue weighted by Crippen LogP contribution is 2.32. The number of hydrogen-bond acceptors (Lipinski definition) is 4. The van der Waals surface area contributed by atoms with Crippen LogP contribution in [0.15, 0.2) is 35.7 Å². The molecule has 0 unspecified atom stereocenters. The Labute approximate surface area is 151 Å². The van der Waals surface area contributed by atoms with Crippen LogP contribution in [0.4, 0.5) is 0 Å². The van der Waals surface area contributed by atoms with E-state index in [1.165, 1.54) is 16.9 Å². The van der Waals surface area contributed by atoms with Gasteiger partial charge in [0.2, 0.25) is 5.91 Å². The summed E-state index contributed by atoms with van der Waals surface area (Å²) >= 11 is 1.53. The van der Waals surface area contributed by atoms with E-state index in [0.717, 1.165) is 17.8 Å². The van der Waals surface area contributed by atoms with Gasteiger partial charge in [0.05, 0.1) is 11.0 Å². The molecule has 25 heavy (non-hydrogen) atoms. The Bertz CT molecular complexity index is 789.